The van der Waals surface area contributed by atoms with Crippen LogP contribution in [0.3, 0.4) is 0 Å². The number of anilines is 1. The Labute approximate surface area is 184 Å². The van der Waals surface area contributed by atoms with Crippen molar-refractivity contribution in [3.05, 3.63) is 70.8 Å². The lowest BCUT2D eigenvalue weighted by molar-refractivity contribution is 0.101. The second-order valence-corrected chi connectivity index (χ2v) is 6.96. The predicted octanol–water partition coefficient (Wildman–Crippen LogP) is 4.55. The van der Waals surface area contributed by atoms with E-state index in [0.717, 1.165) is 7.11 Å². The second kappa shape index (κ2) is 8.41. The van der Waals surface area contributed by atoms with Gasteiger partial charge in [-0.2, -0.15) is 13.6 Å². The highest BCUT2D eigenvalue weighted by Gasteiger charge is 2.30. The third kappa shape index (κ3) is 3.81. The smallest absolute Gasteiger partial charge is 0.261 e. The molecular weight excluding hydrogens is 444 g/mol. The van der Waals surface area contributed by atoms with Crippen LogP contribution in [0.5, 0.6) is 11.5 Å². The van der Waals surface area contributed by atoms with Crippen molar-refractivity contribution in [2.75, 3.05) is 19.5 Å². The summed E-state index contributed by atoms with van der Waals surface area (Å²) in [5.41, 5.74) is 0.688. The lowest BCUT2D eigenvalue weighted by atomic mass is 10.1. The molecule has 11 heteroatoms. The number of ether oxygens (including phenoxy) is 2. The van der Waals surface area contributed by atoms with E-state index >= 15 is 0 Å². The highest BCUT2D eigenvalue weighted by molar-refractivity contribution is 6.06. The Morgan fingerprint density at radius 2 is 1.45 bits per heavy atom. The lowest BCUT2D eigenvalue weighted by Gasteiger charge is -2.12. The van der Waals surface area contributed by atoms with Gasteiger partial charge in [0.15, 0.2) is 17.4 Å². The molecule has 0 aliphatic heterocycles. The van der Waals surface area contributed by atoms with Gasteiger partial charge in [0, 0.05) is 5.69 Å². The summed E-state index contributed by atoms with van der Waals surface area (Å²) in [6, 6.07) is 9.98. The van der Waals surface area contributed by atoms with Crippen molar-refractivity contribution >= 4 is 22.6 Å². The maximum atomic E-state index is 14.3. The normalized spacial score (nSPS) is 11.0. The number of nitrogens with zero attached hydrogens (tertiary/aromatic N) is 3. The molecule has 1 N–H and O–H groups in total. The maximum absolute atomic E-state index is 14.3. The number of rotatable bonds is 5. The van der Waals surface area contributed by atoms with E-state index in [0.29, 0.717) is 28.0 Å². The molecule has 4 rings (SSSR count). The molecule has 0 aliphatic carbocycles. The zero-order valence-corrected chi connectivity index (χ0v) is 17.5. The van der Waals surface area contributed by atoms with Crippen LogP contribution in [0, 0.1) is 30.2 Å². The first kappa shape index (κ1) is 22.1. The average Bonchev–Trinajstić information content (AvgIpc) is 3.21. The van der Waals surface area contributed by atoms with Gasteiger partial charge in [-0.1, -0.05) is 0 Å². The van der Waals surface area contributed by atoms with E-state index in [1.165, 1.54) is 10.9 Å². The van der Waals surface area contributed by atoms with Crippen LogP contribution in [-0.4, -0.2) is 35.1 Å². The molecule has 0 radical (unpaired) electrons. The molecule has 1 heterocycles. The van der Waals surface area contributed by atoms with E-state index in [-0.39, 0.29) is 5.69 Å². The Balaban J connectivity index is 1.69. The summed E-state index contributed by atoms with van der Waals surface area (Å²) in [5.74, 6) is -9.33. The molecule has 33 heavy (non-hydrogen) atoms. The first-order chi connectivity index (χ1) is 15.7. The summed E-state index contributed by atoms with van der Waals surface area (Å²) >= 11 is 0. The zero-order valence-electron chi connectivity index (χ0n) is 17.5. The van der Waals surface area contributed by atoms with Crippen LogP contribution in [-0.2, 0) is 0 Å². The van der Waals surface area contributed by atoms with E-state index < -0.39 is 40.5 Å². The Morgan fingerprint density at radius 1 is 0.879 bits per heavy atom. The van der Waals surface area contributed by atoms with Crippen molar-refractivity contribution in [3.8, 4) is 17.2 Å². The van der Waals surface area contributed by atoms with Crippen molar-refractivity contribution in [3.63, 3.8) is 0 Å². The van der Waals surface area contributed by atoms with Gasteiger partial charge >= 0.3 is 0 Å². The summed E-state index contributed by atoms with van der Waals surface area (Å²) in [6.45, 7) is 1.61. The summed E-state index contributed by atoms with van der Waals surface area (Å²) in [5, 5.41) is 11.0. The number of fused-ring (bicyclic) bond motifs is 1. The number of nitrogens with one attached hydrogen (secondary N) is 1. The van der Waals surface area contributed by atoms with Gasteiger partial charge in [0.05, 0.1) is 19.9 Å². The largest absolute Gasteiger partial charge is 0.497 e. The number of hydrogen-bond donors (Lipinski definition) is 1. The van der Waals surface area contributed by atoms with Crippen LogP contribution in [0.1, 0.15) is 15.9 Å². The van der Waals surface area contributed by atoms with Crippen LogP contribution in [0.4, 0.5) is 23.2 Å². The van der Waals surface area contributed by atoms with Crippen LogP contribution in [0.15, 0.2) is 36.4 Å². The van der Waals surface area contributed by atoms with Gasteiger partial charge in [-0.25, -0.2) is 8.78 Å². The molecular formula is C22H16F4N4O3. The molecule has 170 valence electrons. The number of carbonyl (C=O) groups is 1. The van der Waals surface area contributed by atoms with Gasteiger partial charge in [0.25, 0.3) is 5.91 Å². The number of aromatic nitrogens is 3. The fourth-order valence-electron chi connectivity index (χ4n) is 3.21. The molecule has 0 fully saturated rings. The number of aryl methyl sites for hydroxylation is 1. The molecule has 0 spiro atoms. The number of amides is 1. The highest BCUT2D eigenvalue weighted by Crippen LogP contribution is 2.31. The SMILES string of the molecule is COc1ccc(-n2nc3cc(C)c(NC(=O)c4c(F)c(F)c(OC)c(F)c4F)cc3n2)cc1. The summed E-state index contributed by atoms with van der Waals surface area (Å²) < 4.78 is 66.0. The molecule has 1 aromatic heterocycles. The summed E-state index contributed by atoms with van der Waals surface area (Å²) in [4.78, 5) is 13.9. The van der Waals surface area contributed by atoms with E-state index in [9.17, 15) is 22.4 Å². The number of carbonyl (C=O) groups excluding carboxylic acids is 1. The minimum atomic E-state index is -1.87. The second-order valence-electron chi connectivity index (χ2n) is 6.96. The van der Waals surface area contributed by atoms with Gasteiger partial charge in [-0.05, 0) is 48.9 Å². The standard InChI is InChI=1S/C22H16F4N4O3/c1-10-8-14-15(29-30(28-14)11-4-6-12(32-2)7-5-11)9-13(10)27-22(31)16-17(23)19(25)21(33-3)20(26)18(16)24/h4-9H,1-3H3,(H,27,31). The van der Waals surface area contributed by atoms with Crippen LogP contribution in [0.2, 0.25) is 0 Å². The molecule has 0 bridgehead atoms. The topological polar surface area (TPSA) is 78.3 Å². The van der Waals surface area contributed by atoms with Gasteiger partial charge in [0.2, 0.25) is 11.6 Å². The van der Waals surface area contributed by atoms with Crippen molar-refractivity contribution < 1.29 is 31.8 Å². The fraction of sp³-hybridized carbons (Fsp3) is 0.136. The Hall–Kier alpha value is -4.15. The van der Waals surface area contributed by atoms with Crippen LogP contribution < -0.4 is 14.8 Å². The van der Waals surface area contributed by atoms with Crippen molar-refractivity contribution in [2.24, 2.45) is 0 Å². The Bertz CT molecular complexity index is 1360. The minimum Gasteiger partial charge on any atom is -0.497 e. The van der Waals surface area contributed by atoms with Gasteiger partial charge in [0.1, 0.15) is 22.3 Å². The number of methoxy groups -OCH3 is 2. The lowest BCUT2D eigenvalue weighted by Crippen LogP contribution is -2.19. The molecule has 3 aromatic carbocycles. The molecule has 4 aromatic rings. The number of halogens is 4. The van der Waals surface area contributed by atoms with Gasteiger partial charge in [-0.15, -0.1) is 10.2 Å². The van der Waals surface area contributed by atoms with Crippen molar-refractivity contribution in [1.29, 1.82) is 0 Å². The third-order valence-electron chi connectivity index (χ3n) is 4.93. The first-order valence-corrected chi connectivity index (χ1v) is 9.48. The van der Waals surface area contributed by atoms with Crippen LogP contribution in [0.25, 0.3) is 16.7 Å². The molecule has 0 saturated carbocycles. The summed E-state index contributed by atoms with van der Waals surface area (Å²) in [6.07, 6.45) is 0. The Morgan fingerprint density at radius 3 is 2.00 bits per heavy atom. The molecule has 0 unspecified atom stereocenters. The van der Waals surface area contributed by atoms with Gasteiger partial charge in [-0.3, -0.25) is 4.79 Å². The van der Waals surface area contributed by atoms with Crippen LogP contribution >= 0.6 is 0 Å². The molecule has 0 aliphatic rings. The number of hydrogen-bond acceptors (Lipinski definition) is 5. The van der Waals surface area contributed by atoms with E-state index in [1.807, 2.05) is 0 Å². The van der Waals surface area contributed by atoms with E-state index in [2.05, 4.69) is 20.3 Å². The molecule has 1 amide bonds. The van der Waals surface area contributed by atoms with Crippen molar-refractivity contribution in [2.45, 2.75) is 6.92 Å². The number of benzene rings is 3. The fourth-order valence-corrected chi connectivity index (χ4v) is 3.21. The van der Waals surface area contributed by atoms with E-state index in [1.54, 1.807) is 44.4 Å². The van der Waals surface area contributed by atoms with Crippen molar-refractivity contribution in [1.82, 2.24) is 15.0 Å². The molecule has 7 nitrogen and oxygen atoms in total. The zero-order chi connectivity index (χ0) is 23.9. The molecule has 0 saturated heterocycles. The Kier molecular flexibility index (Phi) is 5.62. The van der Waals surface area contributed by atoms with E-state index in [4.69, 9.17) is 4.74 Å². The molecule has 0 atom stereocenters. The summed E-state index contributed by atoms with van der Waals surface area (Å²) in [7, 11) is 2.39. The monoisotopic (exact) mass is 460 g/mol. The highest BCUT2D eigenvalue weighted by atomic mass is 19.2. The first-order valence-electron chi connectivity index (χ1n) is 9.48. The third-order valence-corrected chi connectivity index (χ3v) is 4.93. The predicted molar refractivity (Wildman–Crippen MR) is 111 cm³/mol. The average molecular weight is 460 g/mol. The maximum Gasteiger partial charge on any atom is 0.261 e. The van der Waals surface area contributed by atoms with Gasteiger partial charge < -0.3 is 14.8 Å². The quantitative estimate of drug-likeness (QED) is 0.349. The minimum absolute atomic E-state index is 0.129.